The van der Waals surface area contributed by atoms with E-state index in [0.717, 1.165) is 10.0 Å². The van der Waals surface area contributed by atoms with E-state index in [9.17, 15) is 0 Å². The van der Waals surface area contributed by atoms with Crippen LogP contribution in [0, 0.1) is 13.8 Å². The molecule has 0 aliphatic heterocycles. The summed E-state index contributed by atoms with van der Waals surface area (Å²) in [6.45, 7) is 4.06. The van der Waals surface area contributed by atoms with Crippen molar-refractivity contribution in [2.24, 2.45) is 5.16 Å². The maximum Gasteiger partial charge on any atom is 0.0734 e. The van der Waals surface area contributed by atoms with E-state index in [1.54, 1.807) is 0 Å². The molecule has 1 rings (SSSR count). The molecule has 0 fully saturated rings. The number of rotatable bonds is 1. The van der Waals surface area contributed by atoms with Gasteiger partial charge < -0.3 is 5.21 Å². The Labute approximate surface area is 80.0 Å². The highest BCUT2D eigenvalue weighted by Gasteiger charge is 1.99. The van der Waals surface area contributed by atoms with Crippen LogP contribution in [0.2, 0.25) is 0 Å². The molecule has 0 heterocycles. The van der Waals surface area contributed by atoms with E-state index in [-0.39, 0.29) is 0 Å². The molecular formula is C9H10BrNO. The molecular weight excluding hydrogens is 218 g/mol. The van der Waals surface area contributed by atoms with Gasteiger partial charge in [-0.15, -0.1) is 0 Å². The summed E-state index contributed by atoms with van der Waals surface area (Å²) in [4.78, 5) is 0. The SMILES string of the molecule is Cc1cc(/C=N\O)cc(Br)c1C. The Morgan fingerprint density at radius 2 is 2.08 bits per heavy atom. The molecule has 2 nitrogen and oxygen atoms in total. The Hall–Kier alpha value is -0.830. The third-order valence-corrected chi connectivity index (χ3v) is 2.66. The third kappa shape index (κ3) is 1.85. The number of hydrogen-bond acceptors (Lipinski definition) is 2. The van der Waals surface area contributed by atoms with Gasteiger partial charge >= 0.3 is 0 Å². The highest BCUT2D eigenvalue weighted by Crippen LogP contribution is 2.20. The van der Waals surface area contributed by atoms with E-state index in [1.165, 1.54) is 17.3 Å². The molecule has 3 heteroatoms. The van der Waals surface area contributed by atoms with Gasteiger partial charge in [-0.25, -0.2) is 0 Å². The van der Waals surface area contributed by atoms with Crippen LogP contribution in [-0.4, -0.2) is 11.4 Å². The molecule has 1 aromatic carbocycles. The van der Waals surface area contributed by atoms with Crippen molar-refractivity contribution in [1.82, 2.24) is 0 Å². The van der Waals surface area contributed by atoms with E-state index in [4.69, 9.17) is 5.21 Å². The first kappa shape index (κ1) is 9.26. The van der Waals surface area contributed by atoms with Gasteiger partial charge in [-0.05, 0) is 36.6 Å². The Balaban J connectivity index is 3.21. The van der Waals surface area contributed by atoms with Crippen LogP contribution in [0.15, 0.2) is 21.8 Å². The van der Waals surface area contributed by atoms with Crippen LogP contribution in [-0.2, 0) is 0 Å². The quantitative estimate of drug-likeness (QED) is 0.447. The fourth-order valence-corrected chi connectivity index (χ4v) is 1.56. The van der Waals surface area contributed by atoms with E-state index in [0.29, 0.717) is 0 Å². The van der Waals surface area contributed by atoms with Crippen molar-refractivity contribution in [2.75, 3.05) is 0 Å². The van der Waals surface area contributed by atoms with Gasteiger partial charge in [0.05, 0.1) is 6.21 Å². The summed E-state index contributed by atoms with van der Waals surface area (Å²) in [5.74, 6) is 0. The van der Waals surface area contributed by atoms with E-state index >= 15 is 0 Å². The van der Waals surface area contributed by atoms with Crippen molar-refractivity contribution in [1.29, 1.82) is 0 Å². The summed E-state index contributed by atoms with van der Waals surface area (Å²) < 4.78 is 1.04. The van der Waals surface area contributed by atoms with Gasteiger partial charge in [0.1, 0.15) is 0 Å². The molecule has 1 N–H and O–H groups in total. The largest absolute Gasteiger partial charge is 0.411 e. The molecule has 0 unspecified atom stereocenters. The zero-order chi connectivity index (χ0) is 9.14. The van der Waals surface area contributed by atoms with Crippen LogP contribution in [0.1, 0.15) is 16.7 Å². The first-order chi connectivity index (χ1) is 5.65. The van der Waals surface area contributed by atoms with Gasteiger partial charge in [0, 0.05) is 4.47 Å². The van der Waals surface area contributed by atoms with Gasteiger partial charge in [-0.1, -0.05) is 27.2 Å². The molecule has 1 aromatic rings. The van der Waals surface area contributed by atoms with Crippen molar-refractivity contribution >= 4 is 22.1 Å². The van der Waals surface area contributed by atoms with Gasteiger partial charge in [-0.2, -0.15) is 0 Å². The third-order valence-electron chi connectivity index (χ3n) is 1.83. The monoisotopic (exact) mass is 227 g/mol. The minimum absolute atomic E-state index is 0.896. The molecule has 0 aliphatic carbocycles. The number of oxime groups is 1. The van der Waals surface area contributed by atoms with Crippen LogP contribution < -0.4 is 0 Å². The van der Waals surface area contributed by atoms with Crippen molar-refractivity contribution in [3.8, 4) is 0 Å². The molecule has 0 bridgehead atoms. The highest BCUT2D eigenvalue weighted by atomic mass is 79.9. The van der Waals surface area contributed by atoms with Crippen molar-refractivity contribution < 1.29 is 5.21 Å². The molecule has 0 aliphatic rings. The molecule has 0 saturated carbocycles. The Morgan fingerprint density at radius 3 is 2.58 bits per heavy atom. The lowest BCUT2D eigenvalue weighted by molar-refractivity contribution is 0.322. The van der Waals surface area contributed by atoms with Crippen LogP contribution in [0.5, 0.6) is 0 Å². The predicted molar refractivity (Wildman–Crippen MR) is 53.0 cm³/mol. The highest BCUT2D eigenvalue weighted by molar-refractivity contribution is 9.10. The molecule has 64 valence electrons. The average Bonchev–Trinajstić information content (AvgIpc) is 2.01. The van der Waals surface area contributed by atoms with Crippen molar-refractivity contribution in [2.45, 2.75) is 13.8 Å². The summed E-state index contributed by atoms with van der Waals surface area (Å²) in [6.07, 6.45) is 1.41. The van der Waals surface area contributed by atoms with Crippen LogP contribution >= 0.6 is 15.9 Å². The molecule has 0 saturated heterocycles. The van der Waals surface area contributed by atoms with Crippen LogP contribution in [0.25, 0.3) is 0 Å². The van der Waals surface area contributed by atoms with E-state index < -0.39 is 0 Å². The van der Waals surface area contributed by atoms with Gasteiger partial charge in [0.15, 0.2) is 0 Å². The molecule has 12 heavy (non-hydrogen) atoms. The number of nitrogens with zero attached hydrogens (tertiary/aromatic N) is 1. The maximum atomic E-state index is 8.32. The van der Waals surface area contributed by atoms with Gasteiger partial charge in [-0.3, -0.25) is 0 Å². The molecule has 0 amide bonds. The summed E-state index contributed by atoms with van der Waals surface area (Å²) in [5, 5.41) is 11.3. The van der Waals surface area contributed by atoms with Crippen molar-refractivity contribution in [3.63, 3.8) is 0 Å². The minimum atomic E-state index is 0.896. The number of benzene rings is 1. The lowest BCUT2D eigenvalue weighted by Crippen LogP contribution is -1.88. The summed E-state index contributed by atoms with van der Waals surface area (Å²) in [7, 11) is 0. The molecule has 0 aromatic heterocycles. The minimum Gasteiger partial charge on any atom is -0.411 e. The van der Waals surface area contributed by atoms with Crippen LogP contribution in [0.3, 0.4) is 0 Å². The van der Waals surface area contributed by atoms with Gasteiger partial charge in [0.2, 0.25) is 0 Å². The molecule has 0 radical (unpaired) electrons. The maximum absolute atomic E-state index is 8.32. The number of aryl methyl sites for hydroxylation is 1. The zero-order valence-corrected chi connectivity index (χ0v) is 8.59. The van der Waals surface area contributed by atoms with Gasteiger partial charge in [0.25, 0.3) is 0 Å². The fraction of sp³-hybridized carbons (Fsp3) is 0.222. The standard InChI is InChI=1S/C9H10BrNO/c1-6-3-8(5-11-12)4-9(10)7(6)2/h3-5,12H,1-2H3/b11-5-. The van der Waals surface area contributed by atoms with E-state index in [1.807, 2.05) is 26.0 Å². The lowest BCUT2D eigenvalue weighted by atomic mass is 10.1. The normalized spacial score (nSPS) is 10.9. The smallest absolute Gasteiger partial charge is 0.0734 e. The Kier molecular flexibility index (Phi) is 2.87. The molecule has 0 atom stereocenters. The second-order valence-corrected chi connectivity index (χ2v) is 3.54. The number of halogens is 1. The Bertz CT molecular complexity index is 297. The second-order valence-electron chi connectivity index (χ2n) is 2.69. The second kappa shape index (κ2) is 3.72. The lowest BCUT2D eigenvalue weighted by Gasteiger charge is -2.03. The summed E-state index contributed by atoms with van der Waals surface area (Å²) in [5.41, 5.74) is 3.29. The summed E-state index contributed by atoms with van der Waals surface area (Å²) >= 11 is 3.42. The van der Waals surface area contributed by atoms with Crippen LogP contribution in [0.4, 0.5) is 0 Å². The first-order valence-corrected chi connectivity index (χ1v) is 4.38. The first-order valence-electron chi connectivity index (χ1n) is 3.59. The summed E-state index contributed by atoms with van der Waals surface area (Å²) in [6, 6.07) is 3.89. The molecule has 0 spiro atoms. The number of hydrogen-bond donors (Lipinski definition) is 1. The fourth-order valence-electron chi connectivity index (χ4n) is 0.984. The van der Waals surface area contributed by atoms with E-state index in [2.05, 4.69) is 21.1 Å². The zero-order valence-electron chi connectivity index (χ0n) is 7.00. The average molecular weight is 228 g/mol. The Morgan fingerprint density at radius 1 is 1.42 bits per heavy atom. The predicted octanol–water partition coefficient (Wildman–Crippen LogP) is 2.87. The van der Waals surface area contributed by atoms with Crippen molar-refractivity contribution in [3.05, 3.63) is 33.3 Å². The topological polar surface area (TPSA) is 32.6 Å².